The predicted octanol–water partition coefficient (Wildman–Crippen LogP) is 3.56. The van der Waals surface area contributed by atoms with Crippen molar-refractivity contribution in [2.24, 2.45) is 10.8 Å². The lowest BCUT2D eigenvalue weighted by Crippen LogP contribution is -2.46. The quantitative estimate of drug-likeness (QED) is 0.737. The number of epoxide rings is 1. The second-order valence-corrected chi connectivity index (χ2v) is 7.77. The molecule has 1 saturated heterocycles. The van der Waals surface area contributed by atoms with Crippen LogP contribution in [0.25, 0.3) is 0 Å². The van der Waals surface area contributed by atoms with Gasteiger partial charge in [-0.15, -0.1) is 0 Å². The highest BCUT2D eigenvalue weighted by Gasteiger charge is 2.81. The van der Waals surface area contributed by atoms with Gasteiger partial charge in [0.1, 0.15) is 5.60 Å². The van der Waals surface area contributed by atoms with Gasteiger partial charge in [-0.05, 0) is 29.4 Å². The molecule has 106 valence electrons. The summed E-state index contributed by atoms with van der Waals surface area (Å²) in [6.45, 7) is 14.2. The number of rotatable bonds is 1. The van der Waals surface area contributed by atoms with Gasteiger partial charge in [-0.3, -0.25) is 0 Å². The van der Waals surface area contributed by atoms with Crippen molar-refractivity contribution in [1.29, 1.82) is 0 Å². The Kier molecular flexibility index (Phi) is 2.65. The van der Waals surface area contributed by atoms with Crippen molar-refractivity contribution in [1.82, 2.24) is 0 Å². The van der Waals surface area contributed by atoms with E-state index >= 15 is 0 Å². The number of hydrogen-bond donors (Lipinski definition) is 1. The van der Waals surface area contributed by atoms with Crippen LogP contribution in [0.1, 0.15) is 48.5 Å². The molecule has 2 aliphatic rings. The summed E-state index contributed by atoms with van der Waals surface area (Å²) >= 11 is 0. The van der Waals surface area contributed by atoms with Crippen molar-refractivity contribution in [3.05, 3.63) is 23.3 Å². The van der Waals surface area contributed by atoms with Gasteiger partial charge >= 0.3 is 5.97 Å². The molecular formula is C16H24O3. The van der Waals surface area contributed by atoms with E-state index < -0.39 is 17.2 Å². The van der Waals surface area contributed by atoms with E-state index in [0.717, 1.165) is 11.1 Å². The number of allylic oxidation sites excluding steroid dienone is 2. The average molecular weight is 264 g/mol. The molecule has 1 heterocycles. The van der Waals surface area contributed by atoms with Gasteiger partial charge in [0.25, 0.3) is 0 Å². The molecule has 3 heteroatoms. The molecular weight excluding hydrogens is 240 g/mol. The van der Waals surface area contributed by atoms with Crippen LogP contribution >= 0.6 is 0 Å². The van der Waals surface area contributed by atoms with Gasteiger partial charge in [-0.1, -0.05) is 53.2 Å². The monoisotopic (exact) mass is 264 g/mol. The summed E-state index contributed by atoms with van der Waals surface area (Å²) in [5, 5.41) is 9.79. The van der Waals surface area contributed by atoms with Crippen molar-refractivity contribution in [3.63, 3.8) is 0 Å². The van der Waals surface area contributed by atoms with Crippen LogP contribution in [0.2, 0.25) is 0 Å². The Hall–Kier alpha value is -1.09. The zero-order valence-electron chi connectivity index (χ0n) is 12.9. The fourth-order valence-electron chi connectivity index (χ4n) is 3.25. The van der Waals surface area contributed by atoms with Gasteiger partial charge < -0.3 is 9.84 Å². The minimum Gasteiger partial charge on any atom is -0.479 e. The molecule has 0 amide bonds. The topological polar surface area (TPSA) is 49.8 Å². The lowest BCUT2D eigenvalue weighted by molar-refractivity contribution is -0.142. The molecule has 19 heavy (non-hydrogen) atoms. The third kappa shape index (κ3) is 1.64. The summed E-state index contributed by atoms with van der Waals surface area (Å²) in [5.74, 6) is -0.882. The predicted molar refractivity (Wildman–Crippen MR) is 74.9 cm³/mol. The number of fused-ring (bicyclic) bond motifs is 1. The Bertz CT molecular complexity index is 499. The van der Waals surface area contributed by atoms with E-state index in [2.05, 4.69) is 0 Å². The van der Waals surface area contributed by atoms with Crippen LogP contribution in [-0.4, -0.2) is 22.3 Å². The van der Waals surface area contributed by atoms with Crippen LogP contribution in [0.15, 0.2) is 23.3 Å². The average Bonchev–Trinajstić information content (AvgIpc) is 2.85. The fraction of sp³-hybridized carbons (Fsp3) is 0.688. The maximum Gasteiger partial charge on any atom is 0.343 e. The summed E-state index contributed by atoms with van der Waals surface area (Å²) in [7, 11) is 0. The third-order valence-electron chi connectivity index (χ3n) is 4.20. The van der Waals surface area contributed by atoms with Crippen molar-refractivity contribution in [3.8, 4) is 0 Å². The van der Waals surface area contributed by atoms with Gasteiger partial charge in [-0.2, -0.15) is 0 Å². The second-order valence-electron chi connectivity index (χ2n) is 7.77. The molecule has 3 nitrogen and oxygen atoms in total. The molecule has 0 aromatic carbocycles. The molecule has 2 atom stereocenters. The summed E-state index contributed by atoms with van der Waals surface area (Å²) in [6.07, 6.45) is 3.96. The van der Waals surface area contributed by atoms with Gasteiger partial charge in [0, 0.05) is 0 Å². The minimum absolute atomic E-state index is 0.235. The Balaban J connectivity index is 2.68. The number of hydrogen-bond acceptors (Lipinski definition) is 2. The second kappa shape index (κ2) is 3.51. The van der Waals surface area contributed by atoms with Crippen molar-refractivity contribution in [2.45, 2.75) is 59.7 Å². The first kappa shape index (κ1) is 14.3. The van der Waals surface area contributed by atoms with E-state index in [1.165, 1.54) is 0 Å². The highest BCUT2D eigenvalue weighted by Crippen LogP contribution is 2.67. The van der Waals surface area contributed by atoms with Crippen molar-refractivity contribution < 1.29 is 14.6 Å². The maximum absolute atomic E-state index is 11.9. The number of carbonyl (C=O) groups is 1. The molecule has 2 unspecified atom stereocenters. The van der Waals surface area contributed by atoms with E-state index in [4.69, 9.17) is 4.74 Å². The molecule has 1 aliphatic heterocycles. The number of carboxylic acids is 1. The molecule has 0 aromatic rings. The summed E-state index contributed by atoms with van der Waals surface area (Å²) in [6, 6.07) is 0. The zero-order valence-corrected chi connectivity index (χ0v) is 12.9. The maximum atomic E-state index is 11.9. The van der Waals surface area contributed by atoms with Crippen LogP contribution in [0.3, 0.4) is 0 Å². The molecule has 2 rings (SSSR count). The minimum atomic E-state index is -1.19. The van der Waals surface area contributed by atoms with Crippen LogP contribution in [-0.2, 0) is 9.53 Å². The summed E-state index contributed by atoms with van der Waals surface area (Å²) < 4.78 is 5.94. The van der Waals surface area contributed by atoms with Crippen LogP contribution in [0.5, 0.6) is 0 Å². The molecule has 1 aliphatic carbocycles. The van der Waals surface area contributed by atoms with Crippen molar-refractivity contribution in [2.75, 3.05) is 0 Å². The highest BCUT2D eigenvalue weighted by molar-refractivity contribution is 5.90. The zero-order chi connectivity index (χ0) is 14.9. The van der Waals surface area contributed by atoms with Crippen LogP contribution in [0, 0.1) is 10.8 Å². The van der Waals surface area contributed by atoms with E-state index in [-0.39, 0.29) is 10.8 Å². The lowest BCUT2D eigenvalue weighted by Gasteiger charge is -2.35. The SMILES string of the molecule is CC1=CC2(C(C)(C)C)OC2(C(=O)O)C(C(C)(C)C)=C1. The first-order valence-corrected chi connectivity index (χ1v) is 6.74. The van der Waals surface area contributed by atoms with Gasteiger partial charge in [-0.25, -0.2) is 4.79 Å². The van der Waals surface area contributed by atoms with E-state index in [9.17, 15) is 9.90 Å². The number of ether oxygens (including phenoxy) is 1. The smallest absolute Gasteiger partial charge is 0.343 e. The molecule has 0 bridgehead atoms. The first-order valence-electron chi connectivity index (χ1n) is 6.74. The normalized spacial score (nSPS) is 34.3. The van der Waals surface area contributed by atoms with Crippen molar-refractivity contribution >= 4 is 5.97 Å². The van der Waals surface area contributed by atoms with E-state index in [1.807, 2.05) is 60.6 Å². The number of carboxylic acid groups (broad SMARTS) is 1. The van der Waals surface area contributed by atoms with Crippen LogP contribution < -0.4 is 0 Å². The first-order chi connectivity index (χ1) is 8.38. The highest BCUT2D eigenvalue weighted by atomic mass is 16.7. The summed E-state index contributed by atoms with van der Waals surface area (Å²) in [4.78, 5) is 11.9. The van der Waals surface area contributed by atoms with E-state index in [1.54, 1.807) is 0 Å². The Morgan fingerprint density at radius 1 is 1.21 bits per heavy atom. The molecule has 1 fully saturated rings. The molecule has 0 spiro atoms. The Morgan fingerprint density at radius 3 is 2.11 bits per heavy atom. The van der Waals surface area contributed by atoms with E-state index in [0.29, 0.717) is 0 Å². The molecule has 0 radical (unpaired) electrons. The molecule has 0 saturated carbocycles. The molecule has 0 aromatic heterocycles. The van der Waals surface area contributed by atoms with Crippen LogP contribution in [0.4, 0.5) is 0 Å². The Morgan fingerprint density at radius 2 is 1.74 bits per heavy atom. The fourth-order valence-corrected chi connectivity index (χ4v) is 3.25. The number of aliphatic carboxylic acids is 1. The van der Waals surface area contributed by atoms with Gasteiger partial charge in [0.2, 0.25) is 5.60 Å². The lowest BCUT2D eigenvalue weighted by atomic mass is 9.63. The van der Waals surface area contributed by atoms with Gasteiger partial charge in [0.05, 0.1) is 0 Å². The Labute approximate surface area is 115 Å². The standard InChI is InChI=1S/C16H24O3/c1-10-8-11(13(2,3)4)16(12(17)18)15(9-10,19-16)14(5,6)7/h8-9H,1-7H3,(H,17,18). The molecule has 1 N–H and O–H groups in total. The third-order valence-corrected chi connectivity index (χ3v) is 4.20. The largest absolute Gasteiger partial charge is 0.479 e. The van der Waals surface area contributed by atoms with Gasteiger partial charge in [0.15, 0.2) is 0 Å². The summed E-state index contributed by atoms with van der Waals surface area (Å²) in [5.41, 5.74) is -0.481.